The van der Waals surface area contributed by atoms with Crippen LogP contribution in [0.4, 0.5) is 0 Å². The van der Waals surface area contributed by atoms with Crippen LogP contribution in [-0.4, -0.2) is 36.5 Å². The molecular formula is C22H27NO5. The van der Waals surface area contributed by atoms with Crippen LogP contribution in [0.1, 0.15) is 25.8 Å². The highest BCUT2D eigenvalue weighted by molar-refractivity contribution is 5.76. The molecule has 2 aromatic carbocycles. The fraction of sp³-hybridized carbons (Fsp3) is 0.364. The molecule has 150 valence electrons. The first-order valence-corrected chi connectivity index (χ1v) is 9.15. The molecule has 3 N–H and O–H groups in total. The Morgan fingerprint density at radius 3 is 2.21 bits per heavy atom. The number of benzene rings is 2. The molecule has 0 unspecified atom stereocenters. The maximum absolute atomic E-state index is 12.2. The van der Waals surface area contributed by atoms with E-state index in [2.05, 4.69) is 16.9 Å². The number of hydrogen-bond acceptors (Lipinski definition) is 6. The van der Waals surface area contributed by atoms with Crippen molar-refractivity contribution in [2.75, 3.05) is 13.4 Å². The lowest BCUT2D eigenvalue weighted by atomic mass is 9.83. The molecule has 2 rings (SSSR count). The molecule has 0 aromatic heterocycles. The van der Waals surface area contributed by atoms with Crippen molar-refractivity contribution in [3.8, 4) is 11.1 Å². The fourth-order valence-electron chi connectivity index (χ4n) is 2.97. The van der Waals surface area contributed by atoms with Gasteiger partial charge in [0, 0.05) is 13.0 Å². The molecule has 0 fully saturated rings. The minimum absolute atomic E-state index is 0.239. The van der Waals surface area contributed by atoms with E-state index < -0.39 is 30.8 Å². The maximum Gasteiger partial charge on any atom is 0.317 e. The van der Waals surface area contributed by atoms with Gasteiger partial charge in [0.15, 0.2) is 0 Å². The third kappa shape index (κ3) is 6.18. The van der Waals surface area contributed by atoms with Crippen molar-refractivity contribution in [3.05, 3.63) is 60.2 Å². The third-order valence-electron chi connectivity index (χ3n) is 4.57. The number of rotatable bonds is 9. The van der Waals surface area contributed by atoms with Crippen LogP contribution in [0.2, 0.25) is 0 Å². The van der Waals surface area contributed by atoms with Crippen LogP contribution in [0.3, 0.4) is 0 Å². The Morgan fingerprint density at radius 2 is 1.64 bits per heavy atom. The number of aliphatic hydroxyl groups is 1. The minimum Gasteiger partial charge on any atom is -0.428 e. The van der Waals surface area contributed by atoms with E-state index >= 15 is 0 Å². The average Bonchev–Trinajstić information content (AvgIpc) is 2.68. The van der Waals surface area contributed by atoms with Crippen molar-refractivity contribution in [2.24, 2.45) is 11.1 Å². The Bertz CT molecular complexity index is 775. The zero-order chi connectivity index (χ0) is 20.6. The summed E-state index contributed by atoms with van der Waals surface area (Å²) in [6.45, 7) is 1.92. The minimum atomic E-state index is -1.16. The molecule has 0 spiro atoms. The summed E-state index contributed by atoms with van der Waals surface area (Å²) in [6, 6.07) is 17.8. The SMILES string of the molecule is CC(=O)OCOC(=O)[C@](C)(CO)C[C@H](N)Cc1ccc(-c2ccccc2)cc1. The van der Waals surface area contributed by atoms with Gasteiger partial charge in [-0.15, -0.1) is 0 Å². The molecule has 0 saturated carbocycles. The van der Waals surface area contributed by atoms with Gasteiger partial charge in [0.25, 0.3) is 0 Å². The summed E-state index contributed by atoms with van der Waals surface area (Å²) >= 11 is 0. The van der Waals surface area contributed by atoms with Gasteiger partial charge in [-0.2, -0.15) is 0 Å². The van der Waals surface area contributed by atoms with E-state index in [9.17, 15) is 14.7 Å². The quantitative estimate of drug-likeness (QED) is 0.509. The number of ether oxygens (including phenoxy) is 2. The van der Waals surface area contributed by atoms with Gasteiger partial charge in [0.05, 0.1) is 12.0 Å². The second kappa shape index (κ2) is 10.0. The summed E-state index contributed by atoms with van der Waals surface area (Å²) in [5.41, 5.74) is 8.36. The normalized spacial score (nSPS) is 14.0. The Labute approximate surface area is 165 Å². The lowest BCUT2D eigenvalue weighted by Crippen LogP contribution is -2.40. The molecule has 0 amide bonds. The van der Waals surface area contributed by atoms with E-state index in [1.165, 1.54) is 6.92 Å². The largest absolute Gasteiger partial charge is 0.428 e. The highest BCUT2D eigenvalue weighted by Gasteiger charge is 2.36. The Morgan fingerprint density at radius 1 is 1.04 bits per heavy atom. The monoisotopic (exact) mass is 385 g/mol. The second-order valence-corrected chi connectivity index (χ2v) is 7.14. The van der Waals surface area contributed by atoms with Gasteiger partial charge in [-0.1, -0.05) is 54.6 Å². The number of nitrogens with two attached hydrogens (primary N) is 1. The van der Waals surface area contributed by atoms with Crippen LogP contribution in [0.25, 0.3) is 11.1 Å². The molecule has 2 aromatic rings. The van der Waals surface area contributed by atoms with E-state index in [0.29, 0.717) is 6.42 Å². The smallest absolute Gasteiger partial charge is 0.317 e. The number of esters is 2. The molecule has 0 aliphatic carbocycles. The van der Waals surface area contributed by atoms with Crippen molar-refractivity contribution in [3.63, 3.8) is 0 Å². The van der Waals surface area contributed by atoms with Crippen molar-refractivity contribution in [1.82, 2.24) is 0 Å². The Balaban J connectivity index is 1.94. The van der Waals surface area contributed by atoms with Gasteiger partial charge in [-0.25, -0.2) is 0 Å². The van der Waals surface area contributed by atoms with Gasteiger partial charge >= 0.3 is 11.9 Å². The highest BCUT2D eigenvalue weighted by Crippen LogP contribution is 2.26. The molecule has 0 aliphatic heterocycles. The number of carbonyl (C=O) groups excluding carboxylic acids is 2. The van der Waals surface area contributed by atoms with Gasteiger partial charge < -0.3 is 20.3 Å². The molecule has 0 aliphatic rings. The van der Waals surface area contributed by atoms with Crippen LogP contribution < -0.4 is 5.73 Å². The summed E-state index contributed by atoms with van der Waals surface area (Å²) < 4.78 is 9.53. The van der Waals surface area contributed by atoms with Crippen LogP contribution in [0.15, 0.2) is 54.6 Å². The number of aliphatic hydroxyl groups excluding tert-OH is 1. The van der Waals surface area contributed by atoms with E-state index in [0.717, 1.165) is 16.7 Å². The molecule has 0 radical (unpaired) electrons. The molecule has 28 heavy (non-hydrogen) atoms. The molecule has 0 heterocycles. The summed E-state index contributed by atoms with van der Waals surface area (Å²) in [6.07, 6.45) is 0.796. The first-order valence-electron chi connectivity index (χ1n) is 9.15. The molecule has 2 atom stereocenters. The van der Waals surface area contributed by atoms with E-state index in [1.807, 2.05) is 42.5 Å². The zero-order valence-corrected chi connectivity index (χ0v) is 16.3. The Kier molecular flexibility index (Phi) is 7.72. The maximum atomic E-state index is 12.2. The number of carbonyl (C=O) groups is 2. The molecule has 6 heteroatoms. The summed E-state index contributed by atoms with van der Waals surface area (Å²) in [7, 11) is 0. The van der Waals surface area contributed by atoms with Gasteiger partial charge in [-0.3, -0.25) is 9.59 Å². The van der Waals surface area contributed by atoms with E-state index in [1.54, 1.807) is 6.92 Å². The van der Waals surface area contributed by atoms with Gasteiger partial charge in [0.2, 0.25) is 6.79 Å². The van der Waals surface area contributed by atoms with E-state index in [4.69, 9.17) is 10.5 Å². The van der Waals surface area contributed by atoms with Crippen molar-refractivity contribution < 1.29 is 24.2 Å². The summed E-state index contributed by atoms with van der Waals surface area (Å²) in [4.78, 5) is 23.0. The van der Waals surface area contributed by atoms with Crippen LogP contribution in [-0.2, 0) is 25.5 Å². The molecule has 0 bridgehead atoms. The van der Waals surface area contributed by atoms with Crippen molar-refractivity contribution in [1.29, 1.82) is 0 Å². The van der Waals surface area contributed by atoms with Crippen LogP contribution in [0.5, 0.6) is 0 Å². The Hall–Kier alpha value is -2.70. The second-order valence-electron chi connectivity index (χ2n) is 7.14. The third-order valence-corrected chi connectivity index (χ3v) is 4.57. The average molecular weight is 385 g/mol. The topological polar surface area (TPSA) is 98.8 Å². The summed E-state index contributed by atoms with van der Waals surface area (Å²) in [5, 5.41) is 9.68. The summed E-state index contributed by atoms with van der Waals surface area (Å²) in [5.74, 6) is -1.19. The first kappa shape index (κ1) is 21.6. The fourth-order valence-corrected chi connectivity index (χ4v) is 2.97. The first-order chi connectivity index (χ1) is 13.3. The van der Waals surface area contributed by atoms with Crippen molar-refractivity contribution in [2.45, 2.75) is 32.7 Å². The molecular weight excluding hydrogens is 358 g/mol. The van der Waals surface area contributed by atoms with Crippen molar-refractivity contribution >= 4 is 11.9 Å². The molecule has 0 saturated heterocycles. The standard InChI is InChI=1S/C22H27NO5/c1-16(25)27-15-28-21(26)22(2,14-24)13-20(23)12-17-8-10-19(11-9-17)18-6-4-3-5-7-18/h3-11,20,24H,12-15,23H2,1-2H3/t20-,22+/m1/s1. The molecule has 6 nitrogen and oxygen atoms in total. The zero-order valence-electron chi connectivity index (χ0n) is 16.3. The highest BCUT2D eigenvalue weighted by atomic mass is 16.7. The van der Waals surface area contributed by atoms with E-state index in [-0.39, 0.29) is 12.5 Å². The van der Waals surface area contributed by atoms with Crippen LogP contribution in [0, 0.1) is 5.41 Å². The lowest BCUT2D eigenvalue weighted by Gasteiger charge is -2.28. The lowest BCUT2D eigenvalue weighted by molar-refractivity contribution is -0.175. The predicted octanol–water partition coefficient (Wildman–Crippen LogP) is 2.68. The van der Waals surface area contributed by atoms with Gasteiger partial charge in [-0.05, 0) is 36.5 Å². The predicted molar refractivity (Wildman–Crippen MR) is 106 cm³/mol. The van der Waals surface area contributed by atoms with Crippen LogP contribution >= 0.6 is 0 Å². The number of hydrogen-bond donors (Lipinski definition) is 2. The van der Waals surface area contributed by atoms with Gasteiger partial charge in [0.1, 0.15) is 0 Å².